The van der Waals surface area contributed by atoms with Gasteiger partial charge in [-0.05, 0) is 101 Å². The van der Waals surface area contributed by atoms with Gasteiger partial charge in [0.2, 0.25) is 5.91 Å². The highest BCUT2D eigenvalue weighted by atomic mass is 16.5. The molecule has 1 atom stereocenters. The standard InChI is InChI=1S/C33H44N2O6/c34-32(38)28-18-21-35(22-19-28)20-6-1-7-23-41-30-10-4-3-9-27(30)15-12-25(8-2-5-11-31(36)37)24-26-13-16-29(17-14-26)33(39)40/h3-4,9-10,12-17,25,28H,1-2,5-8,11,18-24H2,(H2,34,38)(H,36,37)(H,39,40)/b15-12+. The van der Waals surface area contributed by atoms with Crippen LogP contribution in [0.15, 0.2) is 54.6 Å². The highest BCUT2D eigenvalue weighted by Gasteiger charge is 2.22. The zero-order chi connectivity index (χ0) is 29.5. The second-order valence-corrected chi connectivity index (χ2v) is 10.9. The van der Waals surface area contributed by atoms with E-state index in [9.17, 15) is 19.5 Å². The molecule has 4 N–H and O–H groups in total. The van der Waals surface area contributed by atoms with Crippen LogP contribution < -0.4 is 10.5 Å². The number of carboxylic acids is 2. The number of likely N-dealkylation sites (tertiary alicyclic amines) is 1. The minimum Gasteiger partial charge on any atom is -0.493 e. The van der Waals surface area contributed by atoms with Crippen molar-refractivity contribution in [1.82, 2.24) is 4.90 Å². The summed E-state index contributed by atoms with van der Waals surface area (Å²) in [5.74, 6) is -0.840. The number of hydrogen-bond acceptors (Lipinski definition) is 5. The summed E-state index contributed by atoms with van der Waals surface area (Å²) in [6, 6.07) is 14.9. The highest BCUT2D eigenvalue weighted by Crippen LogP contribution is 2.24. The molecule has 1 amide bonds. The van der Waals surface area contributed by atoms with Crippen molar-refractivity contribution < 1.29 is 29.3 Å². The Morgan fingerprint density at radius 3 is 2.37 bits per heavy atom. The summed E-state index contributed by atoms with van der Waals surface area (Å²) in [5.41, 5.74) is 7.74. The van der Waals surface area contributed by atoms with Crippen LogP contribution in [0.4, 0.5) is 0 Å². The third kappa shape index (κ3) is 11.8. The SMILES string of the molecule is NC(=O)C1CCN(CCCCCOc2ccccc2/C=C/C(CCCCC(=O)O)Cc2ccc(C(=O)O)cc2)CC1. The van der Waals surface area contributed by atoms with E-state index in [1.54, 1.807) is 12.1 Å². The first-order valence-electron chi connectivity index (χ1n) is 14.8. The average Bonchev–Trinajstić information content (AvgIpc) is 2.96. The van der Waals surface area contributed by atoms with Gasteiger partial charge in [-0.15, -0.1) is 0 Å². The van der Waals surface area contributed by atoms with Crippen LogP contribution in [0.5, 0.6) is 5.75 Å². The molecule has 222 valence electrons. The minimum atomic E-state index is -0.944. The van der Waals surface area contributed by atoms with E-state index in [1.807, 2.05) is 36.4 Å². The predicted octanol–water partition coefficient (Wildman–Crippen LogP) is 5.65. The molecular formula is C33H44N2O6. The van der Waals surface area contributed by atoms with Gasteiger partial charge in [-0.2, -0.15) is 0 Å². The van der Waals surface area contributed by atoms with Crippen LogP contribution in [0, 0.1) is 11.8 Å². The fourth-order valence-electron chi connectivity index (χ4n) is 5.26. The van der Waals surface area contributed by atoms with Crippen LogP contribution in [0.2, 0.25) is 0 Å². The molecule has 0 bridgehead atoms. The van der Waals surface area contributed by atoms with Gasteiger partial charge < -0.3 is 25.6 Å². The largest absolute Gasteiger partial charge is 0.493 e. The summed E-state index contributed by atoms with van der Waals surface area (Å²) in [6.07, 6.45) is 12.3. The van der Waals surface area contributed by atoms with Gasteiger partial charge in [0.25, 0.3) is 0 Å². The van der Waals surface area contributed by atoms with Gasteiger partial charge in [-0.3, -0.25) is 9.59 Å². The molecule has 1 heterocycles. The van der Waals surface area contributed by atoms with Gasteiger partial charge in [0.1, 0.15) is 5.75 Å². The Morgan fingerprint density at radius 1 is 0.951 bits per heavy atom. The summed E-state index contributed by atoms with van der Waals surface area (Å²) in [7, 11) is 0. The average molecular weight is 565 g/mol. The number of ether oxygens (including phenoxy) is 1. The normalized spacial score (nSPS) is 15.1. The lowest BCUT2D eigenvalue weighted by atomic mass is 9.92. The molecule has 0 spiro atoms. The van der Waals surface area contributed by atoms with Gasteiger partial charge >= 0.3 is 11.9 Å². The predicted molar refractivity (Wildman–Crippen MR) is 160 cm³/mol. The lowest BCUT2D eigenvalue weighted by Gasteiger charge is -2.30. The lowest BCUT2D eigenvalue weighted by molar-refractivity contribution is -0.137. The van der Waals surface area contributed by atoms with Crippen molar-refractivity contribution in [3.8, 4) is 5.75 Å². The first kappa shape index (κ1) is 31.9. The van der Waals surface area contributed by atoms with Crippen molar-refractivity contribution in [2.24, 2.45) is 17.6 Å². The second-order valence-electron chi connectivity index (χ2n) is 10.9. The number of aliphatic carboxylic acids is 1. The van der Waals surface area contributed by atoms with Gasteiger partial charge in [0, 0.05) is 17.9 Å². The first-order valence-corrected chi connectivity index (χ1v) is 14.8. The maximum Gasteiger partial charge on any atom is 0.335 e. The molecule has 8 nitrogen and oxygen atoms in total. The molecule has 1 unspecified atom stereocenters. The Kier molecular flexibility index (Phi) is 13.4. The number of piperidine rings is 1. The molecule has 0 aromatic heterocycles. The number of rotatable bonds is 18. The van der Waals surface area contributed by atoms with Crippen molar-refractivity contribution in [3.63, 3.8) is 0 Å². The second kappa shape index (κ2) is 17.2. The van der Waals surface area contributed by atoms with Crippen LogP contribution in [0.1, 0.15) is 79.3 Å². The van der Waals surface area contributed by atoms with Crippen molar-refractivity contribution in [2.45, 2.75) is 64.2 Å². The number of unbranched alkanes of at least 4 members (excludes halogenated alkanes) is 3. The molecule has 0 saturated carbocycles. The molecule has 1 saturated heterocycles. The number of carboxylic acid groups (broad SMARTS) is 2. The lowest BCUT2D eigenvalue weighted by Crippen LogP contribution is -2.38. The molecule has 3 rings (SSSR count). The molecule has 0 aliphatic carbocycles. The molecule has 1 aliphatic heterocycles. The molecule has 1 fully saturated rings. The summed E-state index contributed by atoms with van der Waals surface area (Å²) in [6.45, 7) is 3.57. The van der Waals surface area contributed by atoms with Gasteiger partial charge in [-0.25, -0.2) is 4.79 Å². The number of primary amides is 1. The number of carbonyl (C=O) groups is 3. The number of allylic oxidation sites excluding steroid dienone is 1. The molecule has 8 heteroatoms. The first-order chi connectivity index (χ1) is 19.8. The summed E-state index contributed by atoms with van der Waals surface area (Å²) in [4.78, 5) is 35.9. The Bertz CT molecular complexity index is 1140. The quantitative estimate of drug-likeness (QED) is 0.200. The number of amides is 1. The van der Waals surface area contributed by atoms with Crippen LogP contribution in [0.25, 0.3) is 6.08 Å². The van der Waals surface area contributed by atoms with Crippen molar-refractivity contribution in [1.29, 1.82) is 0 Å². The number of aromatic carboxylic acids is 1. The van der Waals surface area contributed by atoms with E-state index >= 15 is 0 Å². The van der Waals surface area contributed by atoms with E-state index < -0.39 is 11.9 Å². The molecule has 2 aromatic carbocycles. The van der Waals surface area contributed by atoms with Gasteiger partial charge in [0.05, 0.1) is 12.2 Å². The summed E-state index contributed by atoms with van der Waals surface area (Å²) >= 11 is 0. The zero-order valence-corrected chi connectivity index (χ0v) is 23.9. The van der Waals surface area contributed by atoms with E-state index in [0.717, 1.165) is 87.9 Å². The fraction of sp³-hybridized carbons (Fsp3) is 0.485. The van der Waals surface area contributed by atoms with Crippen LogP contribution in [-0.4, -0.2) is 59.2 Å². The van der Waals surface area contributed by atoms with E-state index in [2.05, 4.69) is 17.1 Å². The molecule has 0 radical (unpaired) electrons. The maximum atomic E-state index is 11.3. The molecule has 1 aliphatic rings. The monoisotopic (exact) mass is 564 g/mol. The number of nitrogens with zero attached hydrogens (tertiary/aromatic N) is 1. The fourth-order valence-corrected chi connectivity index (χ4v) is 5.26. The summed E-state index contributed by atoms with van der Waals surface area (Å²) in [5, 5.41) is 18.2. The van der Waals surface area contributed by atoms with Crippen molar-refractivity contribution in [3.05, 3.63) is 71.3 Å². The maximum absolute atomic E-state index is 11.3. The van der Waals surface area contributed by atoms with Crippen LogP contribution >= 0.6 is 0 Å². The van der Waals surface area contributed by atoms with Gasteiger partial charge in [-0.1, -0.05) is 48.9 Å². The number of benzene rings is 2. The zero-order valence-electron chi connectivity index (χ0n) is 23.9. The number of para-hydroxylation sites is 1. The third-order valence-corrected chi connectivity index (χ3v) is 7.75. The van der Waals surface area contributed by atoms with Crippen LogP contribution in [-0.2, 0) is 16.0 Å². The van der Waals surface area contributed by atoms with Crippen molar-refractivity contribution in [2.75, 3.05) is 26.2 Å². The Morgan fingerprint density at radius 2 is 1.68 bits per heavy atom. The van der Waals surface area contributed by atoms with E-state index in [4.69, 9.17) is 15.6 Å². The molecule has 2 aromatic rings. The summed E-state index contributed by atoms with van der Waals surface area (Å²) < 4.78 is 6.14. The Labute approximate surface area is 243 Å². The number of nitrogens with two attached hydrogens (primary N) is 1. The Hall–Kier alpha value is -3.65. The van der Waals surface area contributed by atoms with Crippen LogP contribution in [0.3, 0.4) is 0 Å². The molecular weight excluding hydrogens is 520 g/mol. The van der Waals surface area contributed by atoms with E-state index in [-0.39, 0.29) is 29.7 Å². The smallest absolute Gasteiger partial charge is 0.335 e. The third-order valence-electron chi connectivity index (χ3n) is 7.75. The van der Waals surface area contributed by atoms with Crippen molar-refractivity contribution >= 4 is 23.9 Å². The van der Waals surface area contributed by atoms with Gasteiger partial charge in [0.15, 0.2) is 0 Å². The number of hydrogen-bond donors (Lipinski definition) is 3. The number of carbonyl (C=O) groups excluding carboxylic acids is 1. The Balaban J connectivity index is 1.49. The highest BCUT2D eigenvalue weighted by molar-refractivity contribution is 5.87. The molecule has 41 heavy (non-hydrogen) atoms. The van der Waals surface area contributed by atoms with E-state index in [1.165, 1.54) is 0 Å². The van der Waals surface area contributed by atoms with E-state index in [0.29, 0.717) is 13.0 Å². The topological polar surface area (TPSA) is 130 Å². The minimum absolute atomic E-state index is 0.0337.